The number of aromatic amines is 1. The molecule has 5 amide bonds. The number of aliphatic carboxylic acids is 1. The summed E-state index contributed by atoms with van der Waals surface area (Å²) >= 11 is 2.88. The lowest BCUT2D eigenvalue weighted by Crippen LogP contribution is -2.60. The molecule has 12 N–H and O–H groups in total. The van der Waals surface area contributed by atoms with E-state index in [0.717, 1.165) is 16.5 Å². The van der Waals surface area contributed by atoms with Crippen molar-refractivity contribution in [3.8, 4) is 5.75 Å². The summed E-state index contributed by atoms with van der Waals surface area (Å²) < 4.78 is 0. The molecular weight excluding hydrogens is 797 g/mol. The van der Waals surface area contributed by atoms with Crippen molar-refractivity contribution in [1.82, 2.24) is 31.6 Å². The van der Waals surface area contributed by atoms with Crippen molar-refractivity contribution in [2.24, 2.45) is 17.4 Å². The molecule has 3 aromatic rings. The van der Waals surface area contributed by atoms with E-state index in [4.69, 9.17) is 11.5 Å². The van der Waals surface area contributed by atoms with Crippen LogP contribution in [0.2, 0.25) is 0 Å². The number of carbonyl (C=O) groups excluding carboxylic acids is 5. The number of thioether (sulfide) groups is 2. The number of aromatic nitrogens is 1. The summed E-state index contributed by atoms with van der Waals surface area (Å²) in [6.45, 7) is 3.78. The molecule has 18 heteroatoms. The molecule has 324 valence electrons. The molecule has 0 saturated heterocycles. The van der Waals surface area contributed by atoms with Crippen LogP contribution in [0.5, 0.6) is 5.75 Å². The Balaban J connectivity index is 1.84. The Hall–Kier alpha value is -4.78. The van der Waals surface area contributed by atoms with Crippen LogP contribution < -0.4 is 38.1 Å². The Labute approximate surface area is 353 Å². The lowest BCUT2D eigenvalue weighted by molar-refractivity contribution is -0.142. The number of amides is 5. The average Bonchev–Trinajstić information content (AvgIpc) is 3.61. The molecule has 0 aliphatic rings. The average molecular weight is 857 g/mol. The minimum Gasteiger partial charge on any atom is -0.508 e. The van der Waals surface area contributed by atoms with Crippen LogP contribution >= 0.6 is 23.5 Å². The van der Waals surface area contributed by atoms with E-state index in [0.29, 0.717) is 36.5 Å². The zero-order valence-electron chi connectivity index (χ0n) is 34.1. The highest BCUT2D eigenvalue weighted by molar-refractivity contribution is 7.98. The standard InChI is InChI=1S/C41H60N8O8S2/c1-24(2)35(40(55)47-33(41(56)57)17-20-59-4)49-38(53)32(16-19-58-3)46-39(54)34(21-25-12-14-27(50)15-13-25)48-37(52)31(11-7-8-18-42)45-36(51)29(43)22-26-23-44-30-10-6-5-9-28(26)30/h5-6,9-10,12-15,23-24,29,31-35,44,50H,7-8,11,16-22,42-43H2,1-4H3,(H,45,51)(H,46,54)(H,47,55)(H,48,52)(H,49,53)(H,56,57)/t29-,31-,32-,33-,34-,35-/m0/s1. The molecule has 1 heterocycles. The maximum atomic E-state index is 14.2. The second kappa shape index (κ2) is 25.0. The number of carboxylic acid groups (broad SMARTS) is 1. The Morgan fingerprint density at radius 2 is 1.25 bits per heavy atom. The highest BCUT2D eigenvalue weighted by Gasteiger charge is 2.34. The van der Waals surface area contributed by atoms with Crippen LogP contribution in [0.3, 0.4) is 0 Å². The van der Waals surface area contributed by atoms with Crippen molar-refractivity contribution < 1.29 is 39.0 Å². The third-order valence-electron chi connectivity index (χ3n) is 9.76. The van der Waals surface area contributed by atoms with E-state index in [2.05, 4.69) is 31.6 Å². The van der Waals surface area contributed by atoms with Crippen LogP contribution in [0.1, 0.15) is 57.1 Å². The maximum absolute atomic E-state index is 14.2. The molecule has 0 saturated carbocycles. The Morgan fingerprint density at radius 1 is 0.695 bits per heavy atom. The number of phenolic OH excluding ortho intramolecular Hbond substituents is 1. The van der Waals surface area contributed by atoms with Crippen LogP contribution in [-0.2, 0) is 41.6 Å². The van der Waals surface area contributed by atoms with E-state index >= 15 is 0 Å². The number of unbranched alkanes of at least 4 members (excludes halogenated alkanes) is 1. The zero-order valence-corrected chi connectivity index (χ0v) is 35.8. The highest BCUT2D eigenvalue weighted by atomic mass is 32.2. The quantitative estimate of drug-likeness (QED) is 0.0518. The molecule has 0 fully saturated rings. The number of nitrogens with two attached hydrogens (primary N) is 2. The number of benzene rings is 2. The van der Waals surface area contributed by atoms with Crippen molar-refractivity contribution in [3.63, 3.8) is 0 Å². The molecule has 0 aliphatic heterocycles. The number of rotatable bonds is 26. The van der Waals surface area contributed by atoms with E-state index in [-0.39, 0.29) is 37.9 Å². The predicted molar refractivity (Wildman–Crippen MR) is 233 cm³/mol. The number of H-pyrrole nitrogens is 1. The Kier molecular flexibility index (Phi) is 20.6. The van der Waals surface area contributed by atoms with Crippen molar-refractivity contribution in [3.05, 3.63) is 65.9 Å². The lowest BCUT2D eigenvalue weighted by Gasteiger charge is -2.28. The molecule has 0 bridgehead atoms. The normalized spacial score (nSPS) is 14.4. The van der Waals surface area contributed by atoms with E-state index < -0.39 is 77.7 Å². The van der Waals surface area contributed by atoms with Gasteiger partial charge in [-0.2, -0.15) is 23.5 Å². The number of hydrogen-bond donors (Lipinski definition) is 10. The van der Waals surface area contributed by atoms with Gasteiger partial charge in [0.15, 0.2) is 0 Å². The van der Waals surface area contributed by atoms with Crippen molar-refractivity contribution in [1.29, 1.82) is 0 Å². The highest BCUT2D eigenvalue weighted by Crippen LogP contribution is 2.19. The van der Waals surface area contributed by atoms with Gasteiger partial charge in [-0.15, -0.1) is 0 Å². The molecule has 1 aromatic heterocycles. The molecule has 0 radical (unpaired) electrons. The van der Waals surface area contributed by atoms with E-state index in [1.807, 2.05) is 36.8 Å². The first-order valence-electron chi connectivity index (χ1n) is 19.7. The van der Waals surface area contributed by atoms with Gasteiger partial charge in [-0.25, -0.2) is 4.79 Å². The van der Waals surface area contributed by atoms with Crippen molar-refractivity contribution in [2.45, 2.75) is 95.0 Å². The van der Waals surface area contributed by atoms with Gasteiger partial charge in [0.2, 0.25) is 29.5 Å². The van der Waals surface area contributed by atoms with E-state index in [9.17, 15) is 39.0 Å². The summed E-state index contributed by atoms with van der Waals surface area (Å²) in [6.07, 6.45) is 7.26. The fourth-order valence-corrected chi connectivity index (χ4v) is 7.28. The summed E-state index contributed by atoms with van der Waals surface area (Å²) in [6, 6.07) is 6.98. The van der Waals surface area contributed by atoms with E-state index in [1.165, 1.54) is 35.7 Å². The number of fused-ring (bicyclic) bond motifs is 1. The third kappa shape index (κ3) is 15.7. The molecular formula is C41H60N8O8S2. The van der Waals surface area contributed by atoms with Crippen molar-refractivity contribution in [2.75, 3.05) is 30.6 Å². The van der Waals surface area contributed by atoms with Gasteiger partial charge < -0.3 is 53.2 Å². The first kappa shape index (κ1) is 48.6. The summed E-state index contributed by atoms with van der Waals surface area (Å²) in [4.78, 5) is 83.9. The van der Waals surface area contributed by atoms with Crippen LogP contribution in [0.4, 0.5) is 0 Å². The first-order chi connectivity index (χ1) is 28.2. The third-order valence-corrected chi connectivity index (χ3v) is 11.0. The SMILES string of the molecule is CSCC[C@H](NC(=O)[C@@H](NC(=O)[C@H](CCSC)NC(=O)[C@H](Cc1ccc(O)cc1)NC(=O)[C@H](CCCCN)NC(=O)[C@@H](N)Cc1c[nH]c2ccccc12)C(C)C)C(=O)O. The molecule has 2 aromatic carbocycles. The molecule has 3 rings (SSSR count). The number of nitrogens with one attached hydrogen (secondary N) is 6. The second-order valence-electron chi connectivity index (χ2n) is 14.7. The predicted octanol–water partition coefficient (Wildman–Crippen LogP) is 1.79. The summed E-state index contributed by atoms with van der Waals surface area (Å²) in [5, 5.41) is 34.1. The van der Waals surface area contributed by atoms with Gasteiger partial charge in [-0.1, -0.05) is 44.2 Å². The Morgan fingerprint density at radius 3 is 1.88 bits per heavy atom. The smallest absolute Gasteiger partial charge is 0.326 e. The van der Waals surface area contributed by atoms with Gasteiger partial charge in [0, 0.05) is 23.5 Å². The lowest BCUT2D eigenvalue weighted by atomic mass is 10.0. The summed E-state index contributed by atoms with van der Waals surface area (Å²) in [7, 11) is 0. The second-order valence-corrected chi connectivity index (χ2v) is 16.7. The molecule has 0 unspecified atom stereocenters. The number of para-hydroxylation sites is 1. The van der Waals surface area contributed by atoms with Gasteiger partial charge in [-0.05, 0) is 104 Å². The maximum Gasteiger partial charge on any atom is 0.326 e. The molecule has 0 spiro atoms. The molecule has 59 heavy (non-hydrogen) atoms. The van der Waals surface area contributed by atoms with Gasteiger partial charge in [-0.3, -0.25) is 24.0 Å². The first-order valence-corrected chi connectivity index (χ1v) is 22.5. The minimum atomic E-state index is -1.25. The topological polar surface area (TPSA) is 271 Å². The monoisotopic (exact) mass is 856 g/mol. The number of carbonyl (C=O) groups is 6. The van der Waals surface area contributed by atoms with Crippen LogP contribution in [0.15, 0.2) is 54.7 Å². The zero-order chi connectivity index (χ0) is 43.5. The summed E-state index contributed by atoms with van der Waals surface area (Å²) in [5.41, 5.74) is 14.4. The number of carboxylic acids is 1. The largest absolute Gasteiger partial charge is 0.508 e. The van der Waals surface area contributed by atoms with Crippen LogP contribution in [-0.4, -0.2) is 118 Å². The van der Waals surface area contributed by atoms with E-state index in [1.54, 1.807) is 32.2 Å². The van der Waals surface area contributed by atoms with Gasteiger partial charge >= 0.3 is 5.97 Å². The van der Waals surface area contributed by atoms with Crippen LogP contribution in [0, 0.1) is 5.92 Å². The number of phenols is 1. The van der Waals surface area contributed by atoms with Crippen LogP contribution in [0.25, 0.3) is 10.9 Å². The number of aromatic hydroxyl groups is 1. The fraction of sp³-hybridized carbons (Fsp3) is 0.512. The van der Waals surface area contributed by atoms with Crippen molar-refractivity contribution >= 4 is 69.9 Å². The summed E-state index contributed by atoms with van der Waals surface area (Å²) in [5.74, 6) is -3.91. The number of hydrogen-bond acceptors (Lipinski definition) is 11. The fourth-order valence-electron chi connectivity index (χ4n) is 6.34. The van der Waals surface area contributed by atoms with Gasteiger partial charge in [0.1, 0.15) is 36.0 Å². The minimum absolute atomic E-state index is 0.00177. The van der Waals surface area contributed by atoms with Gasteiger partial charge in [0.25, 0.3) is 0 Å². The molecule has 6 atom stereocenters. The Bertz CT molecular complexity index is 1840. The van der Waals surface area contributed by atoms with Gasteiger partial charge in [0.05, 0.1) is 6.04 Å². The molecule has 16 nitrogen and oxygen atoms in total. The molecule has 0 aliphatic carbocycles.